The van der Waals surface area contributed by atoms with Crippen molar-refractivity contribution >= 4 is 23.3 Å². The van der Waals surface area contributed by atoms with Crippen molar-refractivity contribution < 1.29 is 9.53 Å². The van der Waals surface area contributed by atoms with E-state index in [0.29, 0.717) is 48.3 Å². The van der Waals surface area contributed by atoms with E-state index in [-0.39, 0.29) is 5.91 Å². The summed E-state index contributed by atoms with van der Waals surface area (Å²) in [5.74, 6) is 1.18. The number of benzene rings is 1. The maximum atomic E-state index is 12.7. The lowest BCUT2D eigenvalue weighted by atomic mass is 10.1. The molecule has 0 bridgehead atoms. The largest absolute Gasteiger partial charge is 0.486 e. The SMILES string of the molecule is O=C(CCc1ccc(Cl)cc1)N1CCOc2c(-c3ccnnc3)n[nH]c21. The quantitative estimate of drug-likeness (QED) is 0.764. The van der Waals surface area contributed by atoms with Crippen LogP contribution in [0.4, 0.5) is 5.82 Å². The summed E-state index contributed by atoms with van der Waals surface area (Å²) >= 11 is 5.90. The second kappa shape index (κ2) is 7.13. The molecule has 26 heavy (non-hydrogen) atoms. The van der Waals surface area contributed by atoms with Crippen LogP contribution in [0.15, 0.2) is 42.7 Å². The minimum Gasteiger partial charge on any atom is -0.486 e. The minimum absolute atomic E-state index is 0.0209. The molecule has 0 fully saturated rings. The highest BCUT2D eigenvalue weighted by molar-refractivity contribution is 6.30. The molecule has 4 rings (SSSR count). The Bertz CT molecular complexity index is 911. The van der Waals surface area contributed by atoms with Crippen LogP contribution in [0.3, 0.4) is 0 Å². The van der Waals surface area contributed by atoms with Gasteiger partial charge in [-0.05, 0) is 30.2 Å². The van der Waals surface area contributed by atoms with Crippen molar-refractivity contribution in [1.82, 2.24) is 20.4 Å². The van der Waals surface area contributed by atoms with Gasteiger partial charge in [0.2, 0.25) is 5.91 Å². The molecule has 3 aromatic rings. The molecule has 8 heteroatoms. The Morgan fingerprint density at radius 3 is 2.85 bits per heavy atom. The number of hydrogen-bond acceptors (Lipinski definition) is 5. The second-order valence-corrected chi connectivity index (χ2v) is 6.34. The number of H-pyrrole nitrogens is 1. The van der Waals surface area contributed by atoms with Crippen molar-refractivity contribution in [3.63, 3.8) is 0 Å². The van der Waals surface area contributed by atoms with Crippen LogP contribution in [-0.4, -0.2) is 39.5 Å². The van der Waals surface area contributed by atoms with Gasteiger partial charge in [0, 0.05) is 17.0 Å². The predicted molar refractivity (Wildman–Crippen MR) is 97.2 cm³/mol. The van der Waals surface area contributed by atoms with Gasteiger partial charge in [0.25, 0.3) is 0 Å². The number of rotatable bonds is 4. The molecule has 2 aromatic heterocycles. The number of aromatic nitrogens is 4. The Balaban J connectivity index is 1.51. The normalized spacial score (nSPS) is 13.2. The maximum absolute atomic E-state index is 12.7. The van der Waals surface area contributed by atoms with Crippen LogP contribution in [-0.2, 0) is 11.2 Å². The van der Waals surface area contributed by atoms with E-state index in [0.717, 1.165) is 11.1 Å². The number of fused-ring (bicyclic) bond motifs is 1. The standard InChI is InChI=1S/C18H16ClN5O2/c19-14-4-1-12(2-5-14)3-6-15(25)24-9-10-26-17-16(22-23-18(17)24)13-7-8-20-21-11-13/h1-2,4-5,7-8,11H,3,6,9-10H2,(H,22,23). The number of halogens is 1. The molecule has 1 N–H and O–H groups in total. The van der Waals surface area contributed by atoms with Gasteiger partial charge in [-0.2, -0.15) is 15.3 Å². The van der Waals surface area contributed by atoms with Gasteiger partial charge in [-0.1, -0.05) is 23.7 Å². The third-order valence-corrected chi connectivity index (χ3v) is 4.49. The summed E-state index contributed by atoms with van der Waals surface area (Å²) in [5, 5.41) is 15.5. The van der Waals surface area contributed by atoms with Gasteiger partial charge in [-0.15, -0.1) is 0 Å². The molecular weight excluding hydrogens is 354 g/mol. The topological polar surface area (TPSA) is 84.0 Å². The molecule has 0 saturated heterocycles. The summed E-state index contributed by atoms with van der Waals surface area (Å²) in [7, 11) is 0. The average Bonchev–Trinajstić information content (AvgIpc) is 3.12. The first kappa shape index (κ1) is 16.5. The lowest BCUT2D eigenvalue weighted by Crippen LogP contribution is -2.38. The maximum Gasteiger partial charge on any atom is 0.228 e. The zero-order chi connectivity index (χ0) is 17.9. The number of nitrogens with one attached hydrogen (secondary N) is 1. The van der Waals surface area contributed by atoms with Crippen LogP contribution in [0, 0.1) is 0 Å². The summed E-state index contributed by atoms with van der Waals surface area (Å²) in [5.41, 5.74) is 2.49. The Morgan fingerprint density at radius 1 is 1.23 bits per heavy atom. The van der Waals surface area contributed by atoms with Gasteiger partial charge >= 0.3 is 0 Å². The summed E-state index contributed by atoms with van der Waals surface area (Å²) < 4.78 is 5.75. The zero-order valence-electron chi connectivity index (χ0n) is 13.9. The Labute approximate surface area is 155 Å². The Kier molecular flexibility index (Phi) is 4.53. The molecule has 1 aliphatic heterocycles. The van der Waals surface area contributed by atoms with Crippen molar-refractivity contribution in [3.8, 4) is 17.0 Å². The van der Waals surface area contributed by atoms with Crippen LogP contribution in [0.2, 0.25) is 5.02 Å². The van der Waals surface area contributed by atoms with Crippen molar-refractivity contribution in [2.24, 2.45) is 0 Å². The van der Waals surface area contributed by atoms with E-state index < -0.39 is 0 Å². The molecule has 132 valence electrons. The molecule has 1 amide bonds. The van der Waals surface area contributed by atoms with E-state index in [9.17, 15) is 4.79 Å². The predicted octanol–water partition coefficient (Wildman–Crippen LogP) is 2.88. The highest BCUT2D eigenvalue weighted by Crippen LogP contribution is 2.38. The van der Waals surface area contributed by atoms with E-state index in [2.05, 4.69) is 20.4 Å². The van der Waals surface area contributed by atoms with Gasteiger partial charge in [0.1, 0.15) is 12.3 Å². The zero-order valence-corrected chi connectivity index (χ0v) is 14.6. The van der Waals surface area contributed by atoms with E-state index in [1.807, 2.05) is 24.3 Å². The first-order valence-electron chi connectivity index (χ1n) is 8.25. The molecule has 0 spiro atoms. The van der Waals surface area contributed by atoms with Gasteiger partial charge in [-0.3, -0.25) is 14.8 Å². The Hall–Kier alpha value is -2.93. The highest BCUT2D eigenvalue weighted by Gasteiger charge is 2.29. The number of carbonyl (C=O) groups is 1. The van der Waals surface area contributed by atoms with Crippen LogP contribution in [0.5, 0.6) is 5.75 Å². The monoisotopic (exact) mass is 369 g/mol. The van der Waals surface area contributed by atoms with Crippen molar-refractivity contribution in [3.05, 3.63) is 53.3 Å². The van der Waals surface area contributed by atoms with Crippen molar-refractivity contribution in [1.29, 1.82) is 0 Å². The number of nitrogens with zero attached hydrogens (tertiary/aromatic N) is 4. The highest BCUT2D eigenvalue weighted by atomic mass is 35.5. The molecule has 0 aliphatic carbocycles. The average molecular weight is 370 g/mol. The molecule has 0 atom stereocenters. The smallest absolute Gasteiger partial charge is 0.228 e. The molecule has 1 aromatic carbocycles. The summed E-state index contributed by atoms with van der Waals surface area (Å²) in [6.45, 7) is 0.910. The summed E-state index contributed by atoms with van der Waals surface area (Å²) in [4.78, 5) is 14.4. The molecular formula is C18H16ClN5O2. The van der Waals surface area contributed by atoms with Crippen molar-refractivity contribution in [2.45, 2.75) is 12.8 Å². The lowest BCUT2D eigenvalue weighted by molar-refractivity contribution is -0.118. The fourth-order valence-corrected chi connectivity index (χ4v) is 3.03. The molecule has 7 nitrogen and oxygen atoms in total. The van der Waals surface area contributed by atoms with Crippen LogP contribution in [0.1, 0.15) is 12.0 Å². The molecule has 3 heterocycles. The molecule has 0 radical (unpaired) electrons. The van der Waals surface area contributed by atoms with Crippen LogP contribution >= 0.6 is 11.6 Å². The Morgan fingerprint density at radius 2 is 2.08 bits per heavy atom. The third kappa shape index (κ3) is 3.25. The van der Waals surface area contributed by atoms with E-state index in [1.165, 1.54) is 0 Å². The van der Waals surface area contributed by atoms with E-state index >= 15 is 0 Å². The number of amides is 1. The molecule has 1 aliphatic rings. The summed E-state index contributed by atoms with van der Waals surface area (Å²) in [6.07, 6.45) is 4.25. The summed E-state index contributed by atoms with van der Waals surface area (Å²) in [6, 6.07) is 9.33. The van der Waals surface area contributed by atoms with Gasteiger partial charge in [0.15, 0.2) is 11.6 Å². The van der Waals surface area contributed by atoms with Crippen LogP contribution in [0.25, 0.3) is 11.3 Å². The van der Waals surface area contributed by atoms with E-state index in [4.69, 9.17) is 16.3 Å². The van der Waals surface area contributed by atoms with Crippen LogP contribution < -0.4 is 9.64 Å². The van der Waals surface area contributed by atoms with Gasteiger partial charge in [-0.25, -0.2) is 0 Å². The number of hydrogen-bond donors (Lipinski definition) is 1. The lowest BCUT2D eigenvalue weighted by Gasteiger charge is -2.26. The van der Waals surface area contributed by atoms with Crippen molar-refractivity contribution in [2.75, 3.05) is 18.1 Å². The van der Waals surface area contributed by atoms with Gasteiger partial charge < -0.3 is 4.74 Å². The number of aryl methyl sites for hydroxylation is 1. The molecule has 0 unspecified atom stereocenters. The second-order valence-electron chi connectivity index (χ2n) is 5.90. The fraction of sp³-hybridized carbons (Fsp3) is 0.222. The third-order valence-electron chi connectivity index (χ3n) is 4.23. The number of aromatic amines is 1. The first-order chi connectivity index (χ1) is 12.7. The number of carbonyl (C=O) groups excluding carboxylic acids is 1. The molecule has 0 saturated carbocycles. The van der Waals surface area contributed by atoms with Gasteiger partial charge in [0.05, 0.1) is 18.9 Å². The van der Waals surface area contributed by atoms with E-state index in [1.54, 1.807) is 23.4 Å². The minimum atomic E-state index is 0.0209. The fourth-order valence-electron chi connectivity index (χ4n) is 2.91. The number of ether oxygens (including phenoxy) is 1. The number of anilines is 1. The first-order valence-corrected chi connectivity index (χ1v) is 8.63.